The fourth-order valence-corrected chi connectivity index (χ4v) is 2.44. The zero-order valence-corrected chi connectivity index (χ0v) is 15.4. The number of halogens is 3. The maximum Gasteiger partial charge on any atom is 0.241 e. The molecule has 0 spiro atoms. The highest BCUT2D eigenvalue weighted by Gasteiger charge is 2.19. The van der Waals surface area contributed by atoms with Crippen LogP contribution in [-0.4, -0.2) is 37.0 Å². The van der Waals surface area contributed by atoms with Crippen molar-refractivity contribution in [2.24, 2.45) is 0 Å². The lowest BCUT2D eigenvalue weighted by Gasteiger charge is -2.24. The van der Waals surface area contributed by atoms with Crippen LogP contribution in [0.25, 0.3) is 0 Å². The van der Waals surface area contributed by atoms with E-state index >= 15 is 0 Å². The average Bonchev–Trinajstić information content (AvgIpc) is 2.58. The van der Waals surface area contributed by atoms with Crippen molar-refractivity contribution in [1.29, 1.82) is 0 Å². The van der Waals surface area contributed by atoms with E-state index in [1.807, 2.05) is 4.90 Å². The first-order valence-electron chi connectivity index (χ1n) is 7.72. The van der Waals surface area contributed by atoms with Crippen molar-refractivity contribution >= 4 is 34.8 Å². The number of carbonyl (C=O) groups excluding carboxylic acids is 1. The molecule has 2 aromatic rings. The Kier molecular flexibility index (Phi) is 7.05. The molecule has 0 bridgehead atoms. The van der Waals surface area contributed by atoms with E-state index in [0.29, 0.717) is 34.6 Å². The molecule has 0 saturated carbocycles. The van der Waals surface area contributed by atoms with Crippen LogP contribution in [0.2, 0.25) is 10.0 Å². The molecule has 1 atom stereocenters. The van der Waals surface area contributed by atoms with Gasteiger partial charge >= 0.3 is 0 Å². The first kappa shape index (κ1) is 19.5. The fraction of sp³-hybridized carbons (Fsp3) is 0.278. The van der Waals surface area contributed by atoms with E-state index in [0.717, 1.165) is 0 Å². The largest absolute Gasteiger partial charge is 0.492 e. The van der Waals surface area contributed by atoms with Crippen LogP contribution in [0.15, 0.2) is 42.5 Å². The Morgan fingerprint density at radius 1 is 1.28 bits per heavy atom. The molecule has 0 fully saturated rings. The van der Waals surface area contributed by atoms with Gasteiger partial charge < -0.3 is 10.1 Å². The number of likely N-dealkylation sites (N-methyl/N-ethyl adjacent to an activating group) is 1. The first-order valence-corrected chi connectivity index (χ1v) is 8.47. The highest BCUT2D eigenvalue weighted by Crippen LogP contribution is 2.29. The number of nitrogens with one attached hydrogen (secondary N) is 1. The molecule has 0 aliphatic heterocycles. The predicted octanol–water partition coefficient (Wildman–Crippen LogP) is 4.47. The van der Waals surface area contributed by atoms with Gasteiger partial charge in [-0.3, -0.25) is 9.69 Å². The Bertz CT molecular complexity index is 743. The normalized spacial score (nSPS) is 12.1. The minimum absolute atomic E-state index is 0.211. The molecular weight excluding hydrogens is 366 g/mol. The molecule has 4 nitrogen and oxygen atoms in total. The second-order valence-corrected chi connectivity index (χ2v) is 6.34. The summed E-state index contributed by atoms with van der Waals surface area (Å²) in [6.07, 6.45) is 0. The number of nitrogens with zero attached hydrogens (tertiary/aromatic N) is 1. The van der Waals surface area contributed by atoms with E-state index in [4.69, 9.17) is 27.9 Å². The van der Waals surface area contributed by atoms with Crippen molar-refractivity contribution in [2.45, 2.75) is 13.0 Å². The van der Waals surface area contributed by atoms with Crippen molar-refractivity contribution in [3.63, 3.8) is 0 Å². The summed E-state index contributed by atoms with van der Waals surface area (Å²) >= 11 is 12.0. The first-order chi connectivity index (χ1) is 11.9. The molecule has 0 aliphatic carbocycles. The third-order valence-corrected chi connectivity index (χ3v) is 4.58. The fourth-order valence-electron chi connectivity index (χ4n) is 2.10. The van der Waals surface area contributed by atoms with Crippen LogP contribution in [0.3, 0.4) is 0 Å². The SMILES string of the molecule is CC(C(=O)Nc1cccc(Cl)c1Cl)N(C)CCOc1cccc(F)c1. The van der Waals surface area contributed by atoms with Crippen LogP contribution in [-0.2, 0) is 4.79 Å². The smallest absolute Gasteiger partial charge is 0.241 e. The summed E-state index contributed by atoms with van der Waals surface area (Å²) in [5.41, 5.74) is 0.468. The van der Waals surface area contributed by atoms with Gasteiger partial charge in [-0.1, -0.05) is 35.3 Å². The van der Waals surface area contributed by atoms with E-state index in [1.54, 1.807) is 44.3 Å². The van der Waals surface area contributed by atoms with Crippen molar-refractivity contribution in [3.8, 4) is 5.75 Å². The number of anilines is 1. The lowest BCUT2D eigenvalue weighted by molar-refractivity contribution is -0.120. The summed E-state index contributed by atoms with van der Waals surface area (Å²) in [4.78, 5) is 14.2. The molecular formula is C18H19Cl2FN2O2. The monoisotopic (exact) mass is 384 g/mol. The molecule has 134 valence electrons. The molecule has 2 aromatic carbocycles. The second kappa shape index (κ2) is 9.04. The molecule has 0 heterocycles. The minimum Gasteiger partial charge on any atom is -0.492 e. The van der Waals surface area contributed by atoms with E-state index in [2.05, 4.69) is 5.32 Å². The second-order valence-electron chi connectivity index (χ2n) is 5.55. The number of hydrogen-bond donors (Lipinski definition) is 1. The summed E-state index contributed by atoms with van der Waals surface area (Å²) in [5.74, 6) is -0.106. The van der Waals surface area contributed by atoms with Crippen LogP contribution in [0.4, 0.5) is 10.1 Å². The molecule has 1 N–H and O–H groups in total. The number of carbonyl (C=O) groups is 1. The molecule has 0 aromatic heterocycles. The summed E-state index contributed by atoms with van der Waals surface area (Å²) < 4.78 is 18.6. The standard InChI is InChI=1S/C18H19Cl2FN2O2/c1-12(18(24)22-16-8-4-7-15(19)17(16)20)23(2)9-10-25-14-6-3-5-13(21)11-14/h3-8,11-12H,9-10H2,1-2H3,(H,22,24). The molecule has 0 aliphatic rings. The third-order valence-electron chi connectivity index (χ3n) is 3.76. The van der Waals surface area contributed by atoms with Gasteiger partial charge in [-0.15, -0.1) is 0 Å². The van der Waals surface area contributed by atoms with E-state index < -0.39 is 6.04 Å². The van der Waals surface area contributed by atoms with Gasteiger partial charge in [0.15, 0.2) is 0 Å². The quantitative estimate of drug-likeness (QED) is 0.765. The molecule has 0 saturated heterocycles. The Morgan fingerprint density at radius 2 is 2.00 bits per heavy atom. The van der Waals surface area contributed by atoms with Gasteiger partial charge in [0.05, 0.1) is 21.8 Å². The molecule has 1 unspecified atom stereocenters. The van der Waals surface area contributed by atoms with Gasteiger partial charge in [-0.05, 0) is 38.2 Å². The molecule has 25 heavy (non-hydrogen) atoms. The molecule has 0 radical (unpaired) electrons. The average molecular weight is 385 g/mol. The highest BCUT2D eigenvalue weighted by molar-refractivity contribution is 6.44. The number of hydrogen-bond acceptors (Lipinski definition) is 3. The Morgan fingerprint density at radius 3 is 2.72 bits per heavy atom. The molecule has 1 amide bonds. The van der Waals surface area contributed by atoms with Crippen LogP contribution in [0.1, 0.15) is 6.92 Å². The summed E-state index contributed by atoms with van der Waals surface area (Å²) in [6.45, 7) is 2.60. The van der Waals surface area contributed by atoms with Crippen LogP contribution >= 0.6 is 23.2 Å². The molecule has 2 rings (SSSR count). The Labute approximate surface area is 156 Å². The summed E-state index contributed by atoms with van der Waals surface area (Å²) in [6, 6.07) is 10.6. The van der Waals surface area contributed by atoms with E-state index in [9.17, 15) is 9.18 Å². The van der Waals surface area contributed by atoms with Gasteiger partial charge in [0.2, 0.25) is 5.91 Å². The predicted molar refractivity (Wildman–Crippen MR) is 99.1 cm³/mol. The van der Waals surface area contributed by atoms with Crippen molar-refractivity contribution < 1.29 is 13.9 Å². The Hall–Kier alpha value is -1.82. The van der Waals surface area contributed by atoms with Gasteiger partial charge in [-0.2, -0.15) is 0 Å². The minimum atomic E-state index is -0.411. The zero-order valence-electron chi connectivity index (χ0n) is 13.9. The lowest BCUT2D eigenvalue weighted by Crippen LogP contribution is -2.41. The summed E-state index contributed by atoms with van der Waals surface area (Å²) in [5, 5.41) is 3.45. The third kappa shape index (κ3) is 5.59. The van der Waals surface area contributed by atoms with Gasteiger partial charge in [-0.25, -0.2) is 4.39 Å². The molecule has 7 heteroatoms. The van der Waals surface area contributed by atoms with E-state index in [-0.39, 0.29) is 11.7 Å². The lowest BCUT2D eigenvalue weighted by atomic mass is 10.2. The highest BCUT2D eigenvalue weighted by atomic mass is 35.5. The number of benzene rings is 2. The maximum atomic E-state index is 13.1. The maximum absolute atomic E-state index is 13.1. The number of ether oxygens (including phenoxy) is 1. The van der Waals surface area contributed by atoms with Gasteiger partial charge in [0.25, 0.3) is 0 Å². The van der Waals surface area contributed by atoms with Gasteiger partial charge in [0, 0.05) is 12.6 Å². The summed E-state index contributed by atoms with van der Waals surface area (Å²) in [7, 11) is 1.80. The van der Waals surface area contributed by atoms with Crippen molar-refractivity contribution in [3.05, 3.63) is 58.3 Å². The van der Waals surface area contributed by atoms with Crippen LogP contribution in [0.5, 0.6) is 5.75 Å². The van der Waals surface area contributed by atoms with Crippen molar-refractivity contribution in [2.75, 3.05) is 25.5 Å². The number of rotatable bonds is 7. The van der Waals surface area contributed by atoms with Crippen molar-refractivity contribution in [1.82, 2.24) is 4.90 Å². The zero-order chi connectivity index (χ0) is 18.4. The van der Waals surface area contributed by atoms with Gasteiger partial charge in [0.1, 0.15) is 18.2 Å². The topological polar surface area (TPSA) is 41.6 Å². The Balaban J connectivity index is 1.85. The number of amides is 1. The van der Waals surface area contributed by atoms with E-state index in [1.165, 1.54) is 12.1 Å². The van der Waals surface area contributed by atoms with Crippen LogP contribution in [0, 0.1) is 5.82 Å². The van der Waals surface area contributed by atoms with Crippen LogP contribution < -0.4 is 10.1 Å².